The van der Waals surface area contributed by atoms with Gasteiger partial charge in [-0.05, 0) is 84.4 Å². The third kappa shape index (κ3) is 11.4. The second-order valence-electron chi connectivity index (χ2n) is 9.38. The zero-order valence-electron chi connectivity index (χ0n) is 22.0. The summed E-state index contributed by atoms with van der Waals surface area (Å²) in [6, 6.07) is 2.89. The smallest absolute Gasteiger partial charge is 0.310 e. The largest absolute Gasteiger partial charge is 0.508 e. The van der Waals surface area contributed by atoms with Crippen molar-refractivity contribution in [1.29, 1.82) is 0 Å². The molecule has 0 fully saturated rings. The van der Waals surface area contributed by atoms with E-state index in [1.807, 2.05) is 39.8 Å². The lowest BCUT2D eigenvalue weighted by Gasteiger charge is -2.16. The monoisotopic (exact) mass is 486 g/mol. The fourth-order valence-corrected chi connectivity index (χ4v) is 3.64. The number of phenols is 2. The van der Waals surface area contributed by atoms with E-state index in [9.17, 15) is 25.2 Å². The summed E-state index contributed by atoms with van der Waals surface area (Å²) < 4.78 is 4.64. The van der Waals surface area contributed by atoms with Crippen molar-refractivity contribution < 1.29 is 30.0 Å². The predicted molar refractivity (Wildman–Crippen MR) is 140 cm³/mol. The van der Waals surface area contributed by atoms with E-state index in [0.717, 1.165) is 36.8 Å². The summed E-state index contributed by atoms with van der Waals surface area (Å²) in [7, 11) is 1.28. The van der Waals surface area contributed by atoms with Gasteiger partial charge in [-0.2, -0.15) is 0 Å². The van der Waals surface area contributed by atoms with Crippen molar-refractivity contribution in [2.75, 3.05) is 7.11 Å². The number of hydrogen-bond acceptors (Lipinski definition) is 6. The Kier molecular flexibility index (Phi) is 13.1. The average molecular weight is 487 g/mol. The van der Waals surface area contributed by atoms with Gasteiger partial charge in [-0.1, -0.05) is 41.0 Å². The number of benzene rings is 1. The fourth-order valence-electron chi connectivity index (χ4n) is 3.64. The van der Waals surface area contributed by atoms with Gasteiger partial charge in [-0.15, -0.1) is 0 Å². The van der Waals surface area contributed by atoms with Gasteiger partial charge in [0.25, 0.3) is 0 Å². The number of carbonyl (C=O) groups excluding carboxylic acids is 1. The van der Waals surface area contributed by atoms with Crippen LogP contribution in [0.25, 0.3) is 0 Å². The predicted octanol–water partition coefficient (Wildman–Crippen LogP) is 5.44. The van der Waals surface area contributed by atoms with E-state index in [-0.39, 0.29) is 17.9 Å². The van der Waals surface area contributed by atoms with Crippen molar-refractivity contribution in [1.82, 2.24) is 0 Å². The molecule has 0 aliphatic rings. The molecule has 0 aliphatic heterocycles. The third-order valence-electron chi connectivity index (χ3n) is 5.82. The Hall–Kier alpha value is -2.83. The molecule has 6 nitrogen and oxygen atoms in total. The number of ether oxygens (including phenoxy) is 1. The standard InChI is InChI=1S/C29H42O6/c1-19(2)15-26(31)28(33)22(5)12-8-11-20(3)9-7-10-21(4)13-14-23-16-25(30)17-24(29(23)34)18-27(32)35-6/h9,12-13,15-17,26,28,30-31,33-34H,7-8,10-11,14,18H2,1-6H3/t26-,28+/m1/s1. The Morgan fingerprint density at radius 1 is 0.914 bits per heavy atom. The topological polar surface area (TPSA) is 107 Å². The summed E-state index contributed by atoms with van der Waals surface area (Å²) in [5.74, 6) is -0.465. The van der Waals surface area contributed by atoms with E-state index in [1.165, 1.54) is 30.4 Å². The molecule has 0 radical (unpaired) electrons. The summed E-state index contributed by atoms with van der Waals surface area (Å²) in [5, 5.41) is 40.6. The molecule has 0 saturated carbocycles. The first-order valence-electron chi connectivity index (χ1n) is 12.0. The molecule has 1 rings (SSSR count). The highest BCUT2D eigenvalue weighted by Gasteiger charge is 2.15. The molecule has 4 N–H and O–H groups in total. The highest BCUT2D eigenvalue weighted by molar-refractivity contribution is 5.74. The second-order valence-corrected chi connectivity index (χ2v) is 9.38. The number of methoxy groups -OCH3 is 1. The van der Waals surface area contributed by atoms with Gasteiger partial charge in [0.2, 0.25) is 0 Å². The lowest BCUT2D eigenvalue weighted by atomic mass is 10.0. The van der Waals surface area contributed by atoms with Gasteiger partial charge in [0.05, 0.1) is 13.5 Å². The summed E-state index contributed by atoms with van der Waals surface area (Å²) in [6.45, 7) is 9.73. The van der Waals surface area contributed by atoms with E-state index in [1.54, 1.807) is 6.08 Å². The zero-order valence-corrected chi connectivity index (χ0v) is 22.0. The minimum atomic E-state index is -0.885. The van der Waals surface area contributed by atoms with E-state index in [2.05, 4.69) is 17.7 Å². The fraction of sp³-hybridized carbons (Fsp3) is 0.483. The molecule has 35 heavy (non-hydrogen) atoms. The molecule has 0 aromatic heterocycles. The van der Waals surface area contributed by atoms with Gasteiger partial charge in [0.1, 0.15) is 23.7 Å². The molecule has 0 amide bonds. The molecule has 0 bridgehead atoms. The number of aliphatic hydroxyl groups is 2. The van der Waals surface area contributed by atoms with Gasteiger partial charge in [0.15, 0.2) is 0 Å². The lowest BCUT2D eigenvalue weighted by Crippen LogP contribution is -2.25. The molecular weight excluding hydrogens is 444 g/mol. The van der Waals surface area contributed by atoms with Gasteiger partial charge in [-0.25, -0.2) is 0 Å². The Morgan fingerprint density at radius 2 is 1.49 bits per heavy atom. The van der Waals surface area contributed by atoms with Crippen molar-refractivity contribution in [2.24, 2.45) is 0 Å². The van der Waals surface area contributed by atoms with Crippen LogP contribution in [-0.2, 0) is 22.4 Å². The van der Waals surface area contributed by atoms with Crippen molar-refractivity contribution in [3.63, 3.8) is 0 Å². The lowest BCUT2D eigenvalue weighted by molar-refractivity contribution is -0.139. The third-order valence-corrected chi connectivity index (χ3v) is 5.82. The number of carbonyl (C=O) groups is 1. The normalized spacial score (nSPS) is 14.5. The first-order valence-corrected chi connectivity index (χ1v) is 12.0. The molecule has 6 heteroatoms. The molecule has 0 heterocycles. The molecule has 2 atom stereocenters. The number of hydrogen-bond donors (Lipinski definition) is 4. The first kappa shape index (κ1) is 30.2. The quantitative estimate of drug-likeness (QED) is 0.168. The Morgan fingerprint density at radius 3 is 2.09 bits per heavy atom. The summed E-state index contributed by atoms with van der Waals surface area (Å²) in [6.07, 6.45) is 9.88. The van der Waals surface area contributed by atoms with Gasteiger partial charge in [-0.3, -0.25) is 4.79 Å². The van der Waals surface area contributed by atoms with Crippen molar-refractivity contribution >= 4 is 5.97 Å². The average Bonchev–Trinajstić information content (AvgIpc) is 2.78. The zero-order chi connectivity index (χ0) is 26.5. The maximum Gasteiger partial charge on any atom is 0.310 e. The molecule has 1 aromatic carbocycles. The molecular formula is C29H42O6. The molecule has 0 unspecified atom stereocenters. The minimum absolute atomic E-state index is 0.00423. The summed E-state index contributed by atoms with van der Waals surface area (Å²) >= 11 is 0. The van der Waals surface area contributed by atoms with Crippen LogP contribution >= 0.6 is 0 Å². The maximum atomic E-state index is 11.5. The number of aliphatic hydroxyl groups excluding tert-OH is 2. The number of esters is 1. The summed E-state index contributed by atoms with van der Waals surface area (Å²) in [4.78, 5) is 11.5. The minimum Gasteiger partial charge on any atom is -0.508 e. The van der Waals surface area contributed by atoms with E-state index in [4.69, 9.17) is 0 Å². The van der Waals surface area contributed by atoms with Crippen LogP contribution in [0, 0.1) is 0 Å². The maximum absolute atomic E-state index is 11.5. The first-order chi connectivity index (χ1) is 16.4. The highest BCUT2D eigenvalue weighted by Crippen LogP contribution is 2.29. The van der Waals surface area contributed by atoms with Crippen LogP contribution < -0.4 is 0 Å². The van der Waals surface area contributed by atoms with E-state index in [0.29, 0.717) is 17.5 Å². The Balaban J connectivity index is 2.59. The molecule has 1 aromatic rings. The van der Waals surface area contributed by atoms with Crippen molar-refractivity contribution in [3.05, 3.63) is 69.9 Å². The van der Waals surface area contributed by atoms with Crippen LogP contribution in [0.5, 0.6) is 11.5 Å². The molecule has 194 valence electrons. The van der Waals surface area contributed by atoms with Gasteiger partial charge in [0, 0.05) is 11.1 Å². The van der Waals surface area contributed by atoms with Crippen LogP contribution in [0.15, 0.2) is 58.7 Å². The Bertz CT molecular complexity index is 964. The van der Waals surface area contributed by atoms with Crippen molar-refractivity contribution in [3.8, 4) is 11.5 Å². The highest BCUT2D eigenvalue weighted by atomic mass is 16.5. The molecule has 0 aliphatic carbocycles. The van der Waals surface area contributed by atoms with E-state index >= 15 is 0 Å². The van der Waals surface area contributed by atoms with Crippen molar-refractivity contribution in [2.45, 2.75) is 85.4 Å². The van der Waals surface area contributed by atoms with Crippen LogP contribution in [0.3, 0.4) is 0 Å². The molecule has 0 saturated heterocycles. The van der Waals surface area contributed by atoms with Gasteiger partial charge >= 0.3 is 5.97 Å². The van der Waals surface area contributed by atoms with Crippen LogP contribution in [0.1, 0.15) is 71.4 Å². The van der Waals surface area contributed by atoms with Crippen LogP contribution in [-0.4, -0.2) is 45.7 Å². The number of allylic oxidation sites excluding steroid dienone is 6. The van der Waals surface area contributed by atoms with Gasteiger partial charge < -0.3 is 25.2 Å². The number of rotatable bonds is 13. The summed E-state index contributed by atoms with van der Waals surface area (Å²) in [5.41, 5.74) is 5.08. The SMILES string of the molecule is COC(=O)Cc1cc(O)cc(CC=C(C)CCC=C(C)CCC=C(C)[C@H](O)[C@H](O)C=C(C)C)c1O. The van der Waals surface area contributed by atoms with Crippen LogP contribution in [0.4, 0.5) is 0 Å². The van der Waals surface area contributed by atoms with E-state index < -0.39 is 18.2 Å². The Labute approximate surface area is 210 Å². The molecule has 0 spiro atoms. The van der Waals surface area contributed by atoms with Crippen LogP contribution in [0.2, 0.25) is 0 Å². The number of aromatic hydroxyl groups is 2. The number of phenolic OH excluding ortho intramolecular Hbond substituents is 2. The second kappa shape index (κ2) is 15.2.